The summed E-state index contributed by atoms with van der Waals surface area (Å²) in [5.74, 6) is 0.801. The molecule has 1 heterocycles. The Morgan fingerprint density at radius 3 is 2.77 bits per heavy atom. The zero-order valence-electron chi connectivity index (χ0n) is 15.3. The second-order valence-corrected chi connectivity index (χ2v) is 10.1. The maximum absolute atomic E-state index is 13.4. The molecule has 7 heteroatoms. The zero-order valence-corrected chi connectivity index (χ0v) is 17.7. The Labute approximate surface area is 165 Å². The number of thioether (sulfide) groups is 1. The van der Waals surface area contributed by atoms with Gasteiger partial charge in [0.25, 0.3) is 10.0 Å². The van der Waals surface area contributed by atoms with Crippen molar-refractivity contribution >= 4 is 39.1 Å². The summed E-state index contributed by atoms with van der Waals surface area (Å²) in [6.45, 7) is 2.72. The summed E-state index contributed by atoms with van der Waals surface area (Å²) in [5.41, 5.74) is 2.52. The molecular formula is C19H25ClN2O2S2. The van der Waals surface area contributed by atoms with Gasteiger partial charge in [0.05, 0.1) is 22.0 Å². The molecule has 0 amide bonds. The minimum absolute atomic E-state index is 0.161. The zero-order chi connectivity index (χ0) is 18.9. The molecular weight excluding hydrogens is 388 g/mol. The number of nitrogens with one attached hydrogen (secondary N) is 1. The van der Waals surface area contributed by atoms with Crippen molar-refractivity contribution in [3.8, 4) is 0 Å². The summed E-state index contributed by atoms with van der Waals surface area (Å²) in [6.07, 6.45) is 6.93. The first kappa shape index (κ1) is 19.8. The molecule has 0 spiro atoms. The van der Waals surface area contributed by atoms with E-state index in [0.29, 0.717) is 4.91 Å². The Hall–Kier alpha value is -0.950. The molecule has 1 N–H and O–H groups in total. The van der Waals surface area contributed by atoms with E-state index in [-0.39, 0.29) is 17.3 Å². The van der Waals surface area contributed by atoms with Crippen LogP contribution in [0.3, 0.4) is 0 Å². The van der Waals surface area contributed by atoms with Crippen molar-refractivity contribution in [3.63, 3.8) is 0 Å². The molecule has 0 saturated carbocycles. The van der Waals surface area contributed by atoms with Crippen LogP contribution in [0.1, 0.15) is 24.9 Å². The Bertz CT molecular complexity index is 836. The highest BCUT2D eigenvalue weighted by molar-refractivity contribution is 7.98. The summed E-state index contributed by atoms with van der Waals surface area (Å²) in [5, 5.41) is 3.27. The highest BCUT2D eigenvalue weighted by Crippen LogP contribution is 2.45. The van der Waals surface area contributed by atoms with Crippen molar-refractivity contribution in [2.45, 2.75) is 24.8 Å². The van der Waals surface area contributed by atoms with Gasteiger partial charge in [-0.3, -0.25) is 4.31 Å². The van der Waals surface area contributed by atoms with Gasteiger partial charge in [-0.2, -0.15) is 11.8 Å². The lowest BCUT2D eigenvalue weighted by Crippen LogP contribution is -2.33. The standard InChI is InChI=1S/C19H25ClN2O2S2/c1-13-16(20)10-9-15-18(21-11-6-12-25-3)14-7-4-5-8-17(14)22(2)26(23,24)19(13)15/h4-5,7-10,13,16,18,21H,6,11-12H2,1-3H3. The number of halogens is 1. The van der Waals surface area contributed by atoms with Crippen LogP contribution in [0.25, 0.3) is 0 Å². The normalized spacial score (nSPS) is 27.1. The molecule has 0 radical (unpaired) electrons. The molecule has 0 saturated heterocycles. The highest BCUT2D eigenvalue weighted by Gasteiger charge is 2.41. The van der Waals surface area contributed by atoms with E-state index in [2.05, 4.69) is 11.6 Å². The molecule has 1 aromatic carbocycles. The first-order chi connectivity index (χ1) is 12.4. The number of alkyl halides is 1. The molecule has 0 aromatic heterocycles. The van der Waals surface area contributed by atoms with E-state index in [1.807, 2.05) is 55.1 Å². The van der Waals surface area contributed by atoms with Crippen molar-refractivity contribution in [3.05, 3.63) is 52.5 Å². The minimum Gasteiger partial charge on any atom is -0.306 e. The molecule has 1 aliphatic heterocycles. The summed E-state index contributed by atoms with van der Waals surface area (Å²) < 4.78 is 28.1. The Kier molecular flexibility index (Phi) is 6.07. The van der Waals surface area contributed by atoms with Gasteiger partial charge in [0.2, 0.25) is 0 Å². The number of benzene rings is 1. The summed E-state index contributed by atoms with van der Waals surface area (Å²) in [7, 11) is -2.00. The van der Waals surface area contributed by atoms with E-state index in [0.717, 1.165) is 35.5 Å². The lowest BCUT2D eigenvalue weighted by molar-refractivity contribution is 0.574. The fourth-order valence-corrected chi connectivity index (χ4v) is 6.15. The van der Waals surface area contributed by atoms with Crippen molar-refractivity contribution in [2.75, 3.05) is 29.9 Å². The van der Waals surface area contributed by atoms with Crippen molar-refractivity contribution in [1.82, 2.24) is 5.32 Å². The molecule has 142 valence electrons. The van der Waals surface area contributed by atoms with Gasteiger partial charge in [0.15, 0.2) is 0 Å². The van der Waals surface area contributed by atoms with E-state index < -0.39 is 10.0 Å². The van der Waals surface area contributed by atoms with Crippen molar-refractivity contribution in [2.24, 2.45) is 5.92 Å². The maximum atomic E-state index is 13.4. The number of fused-ring (bicyclic) bond motifs is 1. The second kappa shape index (κ2) is 7.97. The Balaban J connectivity index is 2.15. The van der Waals surface area contributed by atoms with Crippen LogP contribution in [0, 0.1) is 5.92 Å². The second-order valence-electron chi connectivity index (χ2n) is 6.68. The third kappa shape index (κ3) is 3.44. The van der Waals surface area contributed by atoms with Crippen LogP contribution in [-0.2, 0) is 10.0 Å². The highest BCUT2D eigenvalue weighted by atomic mass is 35.5. The molecule has 3 unspecified atom stereocenters. The van der Waals surface area contributed by atoms with Gasteiger partial charge in [-0.15, -0.1) is 11.6 Å². The number of hydrogen-bond acceptors (Lipinski definition) is 4. The molecule has 0 bridgehead atoms. The topological polar surface area (TPSA) is 49.4 Å². The van der Waals surface area contributed by atoms with Gasteiger partial charge >= 0.3 is 0 Å². The van der Waals surface area contributed by atoms with Crippen LogP contribution in [0.4, 0.5) is 5.69 Å². The molecule has 2 aliphatic rings. The number of hydrogen-bond donors (Lipinski definition) is 1. The first-order valence-electron chi connectivity index (χ1n) is 8.76. The number of sulfonamides is 1. The fraction of sp³-hybridized carbons (Fsp3) is 0.474. The monoisotopic (exact) mass is 412 g/mol. The maximum Gasteiger partial charge on any atom is 0.260 e. The Morgan fingerprint density at radius 1 is 1.31 bits per heavy atom. The minimum atomic E-state index is -3.63. The van der Waals surface area contributed by atoms with Gasteiger partial charge in [-0.05, 0) is 42.2 Å². The molecule has 1 aromatic rings. The predicted molar refractivity (Wildman–Crippen MR) is 112 cm³/mol. The van der Waals surface area contributed by atoms with Gasteiger partial charge in [0, 0.05) is 13.0 Å². The van der Waals surface area contributed by atoms with E-state index in [1.54, 1.807) is 7.05 Å². The predicted octanol–water partition coefficient (Wildman–Crippen LogP) is 3.92. The van der Waals surface area contributed by atoms with E-state index in [9.17, 15) is 8.42 Å². The number of rotatable bonds is 5. The smallest absolute Gasteiger partial charge is 0.260 e. The first-order valence-corrected chi connectivity index (χ1v) is 12.0. The lowest BCUT2D eigenvalue weighted by atomic mass is 9.89. The van der Waals surface area contributed by atoms with Crippen LogP contribution in [0.5, 0.6) is 0 Å². The number of allylic oxidation sites excluding steroid dienone is 2. The van der Waals surface area contributed by atoms with Crippen LogP contribution in [0.2, 0.25) is 0 Å². The van der Waals surface area contributed by atoms with Crippen LogP contribution in [0.15, 0.2) is 46.9 Å². The average molecular weight is 413 g/mol. The van der Waals surface area contributed by atoms with Crippen LogP contribution < -0.4 is 9.62 Å². The quantitative estimate of drug-likeness (QED) is 0.588. The van der Waals surface area contributed by atoms with Crippen molar-refractivity contribution < 1.29 is 8.42 Å². The number of nitrogens with zero attached hydrogens (tertiary/aromatic N) is 1. The van der Waals surface area contributed by atoms with E-state index in [1.165, 1.54) is 4.31 Å². The molecule has 26 heavy (non-hydrogen) atoms. The summed E-state index contributed by atoms with van der Waals surface area (Å²) >= 11 is 8.21. The molecule has 1 aliphatic carbocycles. The number of para-hydroxylation sites is 1. The van der Waals surface area contributed by atoms with E-state index in [4.69, 9.17) is 11.6 Å². The van der Waals surface area contributed by atoms with Crippen molar-refractivity contribution in [1.29, 1.82) is 0 Å². The third-order valence-electron chi connectivity index (χ3n) is 5.05. The number of anilines is 1. The summed E-state index contributed by atoms with van der Waals surface area (Å²) in [6, 6.07) is 7.56. The fourth-order valence-electron chi connectivity index (χ4n) is 3.62. The van der Waals surface area contributed by atoms with Crippen LogP contribution in [-0.4, -0.2) is 39.4 Å². The molecule has 0 fully saturated rings. The van der Waals surface area contributed by atoms with Gasteiger partial charge in [-0.1, -0.05) is 37.3 Å². The van der Waals surface area contributed by atoms with Gasteiger partial charge in [-0.25, -0.2) is 8.42 Å². The Morgan fingerprint density at radius 2 is 2.04 bits per heavy atom. The molecule has 3 rings (SSSR count). The summed E-state index contributed by atoms with van der Waals surface area (Å²) in [4.78, 5) is 0.432. The SMILES string of the molecule is CSCCCNC1C2=C(C(C)C(Cl)C=C2)S(=O)(=O)N(C)c2ccccc21. The van der Waals surface area contributed by atoms with Crippen LogP contribution >= 0.6 is 23.4 Å². The molecule has 4 nitrogen and oxygen atoms in total. The van der Waals surface area contributed by atoms with Gasteiger partial charge in [0.1, 0.15) is 0 Å². The van der Waals surface area contributed by atoms with E-state index >= 15 is 0 Å². The third-order valence-corrected chi connectivity index (χ3v) is 8.35. The largest absolute Gasteiger partial charge is 0.306 e. The molecule has 3 atom stereocenters. The van der Waals surface area contributed by atoms with Gasteiger partial charge < -0.3 is 5.32 Å². The lowest BCUT2D eigenvalue weighted by Gasteiger charge is -2.29. The average Bonchev–Trinajstić information content (AvgIpc) is 2.69.